The van der Waals surface area contributed by atoms with Gasteiger partial charge in [0.15, 0.2) is 0 Å². The van der Waals surface area contributed by atoms with Gasteiger partial charge in [-0.05, 0) is 43.0 Å². The van der Waals surface area contributed by atoms with E-state index in [1.165, 1.54) is 5.75 Å². The minimum atomic E-state index is 0.701. The summed E-state index contributed by atoms with van der Waals surface area (Å²) in [6.45, 7) is 2.28. The van der Waals surface area contributed by atoms with Crippen LogP contribution in [0.2, 0.25) is 0 Å². The molecular formula is C13H16N2OS. The fourth-order valence-electron chi connectivity index (χ4n) is 1.76. The first-order chi connectivity index (χ1) is 8.33. The minimum absolute atomic E-state index is 0.701. The van der Waals surface area contributed by atoms with Crippen molar-refractivity contribution in [2.75, 3.05) is 26.0 Å². The quantitative estimate of drug-likeness (QED) is 0.866. The summed E-state index contributed by atoms with van der Waals surface area (Å²) in [7, 11) is 1.67. The first-order valence-corrected chi connectivity index (χ1v) is 6.84. The molecule has 0 aliphatic carbocycles. The van der Waals surface area contributed by atoms with Gasteiger partial charge in [0.25, 0.3) is 0 Å². The molecule has 1 aliphatic rings. The van der Waals surface area contributed by atoms with Crippen LogP contribution >= 0.6 is 11.8 Å². The average Bonchev–Trinajstić information content (AvgIpc) is 2.32. The molecule has 2 rings (SSSR count). The van der Waals surface area contributed by atoms with Crippen LogP contribution in [0.4, 0.5) is 0 Å². The second-order valence-corrected chi connectivity index (χ2v) is 5.21. The lowest BCUT2D eigenvalue weighted by atomic mass is 10.1. The van der Waals surface area contributed by atoms with Gasteiger partial charge in [0.1, 0.15) is 5.75 Å². The molecule has 0 amide bonds. The van der Waals surface area contributed by atoms with Gasteiger partial charge in [-0.2, -0.15) is 17.0 Å². The molecule has 17 heavy (non-hydrogen) atoms. The van der Waals surface area contributed by atoms with Crippen LogP contribution in [-0.4, -0.2) is 26.0 Å². The van der Waals surface area contributed by atoms with E-state index < -0.39 is 0 Å². The first kappa shape index (κ1) is 12.3. The highest BCUT2D eigenvalue weighted by Crippen LogP contribution is 2.25. The third kappa shape index (κ3) is 3.15. The van der Waals surface area contributed by atoms with E-state index in [-0.39, 0.29) is 0 Å². The Morgan fingerprint density at radius 2 is 2.35 bits per heavy atom. The number of thioether (sulfide) groups is 1. The summed E-state index contributed by atoms with van der Waals surface area (Å²) in [5, 5.41) is 12.2. The number of hydrogen-bond acceptors (Lipinski definition) is 4. The molecule has 1 aromatic carbocycles. The van der Waals surface area contributed by atoms with Gasteiger partial charge in [0.05, 0.1) is 18.7 Å². The molecule has 4 heteroatoms. The van der Waals surface area contributed by atoms with Gasteiger partial charge in [-0.1, -0.05) is 0 Å². The standard InChI is InChI=1S/C13H16N2OS/c1-16-13-3-2-10(5-14)4-12(13)9-17-8-11-6-15-7-11/h2-4,11,15H,6-9H2,1H3. The summed E-state index contributed by atoms with van der Waals surface area (Å²) in [6.07, 6.45) is 0. The van der Waals surface area contributed by atoms with Crippen LogP contribution in [0.25, 0.3) is 0 Å². The molecular weight excluding hydrogens is 232 g/mol. The Kier molecular flexibility index (Phi) is 4.29. The molecule has 3 nitrogen and oxygen atoms in total. The van der Waals surface area contributed by atoms with Crippen molar-refractivity contribution in [2.24, 2.45) is 5.92 Å². The maximum absolute atomic E-state index is 8.88. The largest absolute Gasteiger partial charge is 0.496 e. The number of rotatable bonds is 5. The van der Waals surface area contributed by atoms with E-state index in [9.17, 15) is 0 Å². The Bertz CT molecular complexity index is 424. The molecule has 0 aromatic heterocycles. The van der Waals surface area contributed by atoms with Crippen molar-refractivity contribution >= 4 is 11.8 Å². The van der Waals surface area contributed by atoms with Crippen LogP contribution < -0.4 is 10.1 Å². The molecule has 0 bridgehead atoms. The molecule has 0 spiro atoms. The molecule has 0 atom stereocenters. The zero-order chi connectivity index (χ0) is 12.1. The molecule has 0 unspecified atom stereocenters. The number of nitriles is 1. The van der Waals surface area contributed by atoms with Crippen LogP contribution in [0.5, 0.6) is 5.75 Å². The minimum Gasteiger partial charge on any atom is -0.496 e. The van der Waals surface area contributed by atoms with E-state index in [4.69, 9.17) is 10.00 Å². The highest BCUT2D eigenvalue weighted by molar-refractivity contribution is 7.98. The third-order valence-electron chi connectivity index (χ3n) is 2.89. The maximum atomic E-state index is 8.88. The van der Waals surface area contributed by atoms with Gasteiger partial charge in [0, 0.05) is 11.3 Å². The topological polar surface area (TPSA) is 45.0 Å². The van der Waals surface area contributed by atoms with E-state index in [2.05, 4.69) is 11.4 Å². The van der Waals surface area contributed by atoms with Crippen molar-refractivity contribution in [3.05, 3.63) is 29.3 Å². The lowest BCUT2D eigenvalue weighted by Crippen LogP contribution is -2.43. The number of nitrogens with zero attached hydrogens (tertiary/aromatic N) is 1. The predicted octanol–water partition coefficient (Wildman–Crippen LogP) is 2.02. The first-order valence-electron chi connectivity index (χ1n) is 5.69. The van der Waals surface area contributed by atoms with Gasteiger partial charge < -0.3 is 10.1 Å². The van der Waals surface area contributed by atoms with Crippen molar-refractivity contribution < 1.29 is 4.74 Å². The number of nitrogens with one attached hydrogen (secondary N) is 1. The zero-order valence-electron chi connectivity index (χ0n) is 9.90. The van der Waals surface area contributed by atoms with Crippen LogP contribution in [0, 0.1) is 17.2 Å². The smallest absolute Gasteiger partial charge is 0.122 e. The van der Waals surface area contributed by atoms with Gasteiger partial charge in [-0.3, -0.25) is 0 Å². The average molecular weight is 248 g/mol. The Morgan fingerprint density at radius 1 is 1.53 bits per heavy atom. The number of benzene rings is 1. The summed E-state index contributed by atoms with van der Waals surface area (Å²) in [5.41, 5.74) is 1.82. The van der Waals surface area contributed by atoms with E-state index in [0.29, 0.717) is 5.56 Å². The third-order valence-corrected chi connectivity index (χ3v) is 4.11. The lowest BCUT2D eigenvalue weighted by Gasteiger charge is -2.26. The summed E-state index contributed by atoms with van der Waals surface area (Å²) in [4.78, 5) is 0. The molecule has 1 N–H and O–H groups in total. The SMILES string of the molecule is COc1ccc(C#N)cc1CSCC1CNC1. The summed E-state index contributed by atoms with van der Waals surface area (Å²) in [5.74, 6) is 3.77. The Morgan fingerprint density at radius 3 is 2.94 bits per heavy atom. The molecule has 1 aromatic rings. The normalized spacial score (nSPS) is 15.1. The lowest BCUT2D eigenvalue weighted by molar-refractivity contribution is 0.385. The molecule has 0 saturated carbocycles. The number of methoxy groups -OCH3 is 1. The van der Waals surface area contributed by atoms with Crippen LogP contribution in [0.1, 0.15) is 11.1 Å². The summed E-state index contributed by atoms with van der Waals surface area (Å²) >= 11 is 1.91. The van der Waals surface area contributed by atoms with Crippen LogP contribution in [-0.2, 0) is 5.75 Å². The highest BCUT2D eigenvalue weighted by Gasteiger charge is 2.16. The molecule has 0 radical (unpaired) electrons. The fraction of sp³-hybridized carbons (Fsp3) is 0.462. The monoisotopic (exact) mass is 248 g/mol. The second kappa shape index (κ2) is 5.95. The highest BCUT2D eigenvalue weighted by atomic mass is 32.2. The summed E-state index contributed by atoms with van der Waals surface area (Å²) < 4.78 is 5.31. The molecule has 1 saturated heterocycles. The Labute approximate surface area is 106 Å². The fourth-order valence-corrected chi connectivity index (χ4v) is 2.90. The van der Waals surface area contributed by atoms with E-state index in [1.54, 1.807) is 13.2 Å². The Balaban J connectivity index is 1.94. The summed E-state index contributed by atoms with van der Waals surface area (Å²) in [6, 6.07) is 7.76. The molecule has 90 valence electrons. The molecule has 1 heterocycles. The molecule has 1 fully saturated rings. The van der Waals surface area contributed by atoms with Crippen molar-refractivity contribution in [3.63, 3.8) is 0 Å². The predicted molar refractivity (Wildman–Crippen MR) is 70.2 cm³/mol. The van der Waals surface area contributed by atoms with Gasteiger partial charge in [-0.25, -0.2) is 0 Å². The Hall–Kier alpha value is -1.18. The van der Waals surface area contributed by atoms with E-state index >= 15 is 0 Å². The maximum Gasteiger partial charge on any atom is 0.122 e. The van der Waals surface area contributed by atoms with Crippen LogP contribution in [0.3, 0.4) is 0 Å². The molecule has 1 aliphatic heterocycles. The van der Waals surface area contributed by atoms with Gasteiger partial charge >= 0.3 is 0 Å². The van der Waals surface area contributed by atoms with Gasteiger partial charge in [0.2, 0.25) is 0 Å². The number of ether oxygens (including phenoxy) is 1. The second-order valence-electron chi connectivity index (χ2n) is 4.18. The van der Waals surface area contributed by atoms with Crippen molar-refractivity contribution in [3.8, 4) is 11.8 Å². The van der Waals surface area contributed by atoms with Crippen molar-refractivity contribution in [1.29, 1.82) is 5.26 Å². The zero-order valence-corrected chi connectivity index (χ0v) is 10.7. The van der Waals surface area contributed by atoms with Crippen LogP contribution in [0.15, 0.2) is 18.2 Å². The van der Waals surface area contributed by atoms with Gasteiger partial charge in [-0.15, -0.1) is 0 Å². The van der Waals surface area contributed by atoms with Crippen molar-refractivity contribution in [2.45, 2.75) is 5.75 Å². The van der Waals surface area contributed by atoms with E-state index in [0.717, 1.165) is 36.1 Å². The van der Waals surface area contributed by atoms with E-state index in [1.807, 2.05) is 23.9 Å². The number of hydrogen-bond donors (Lipinski definition) is 1. The van der Waals surface area contributed by atoms with Crippen molar-refractivity contribution in [1.82, 2.24) is 5.32 Å².